The molecule has 1 atom stereocenters. The third-order valence-electron chi connectivity index (χ3n) is 2.35. The number of carbonyl (C=O) groups excluding carboxylic acids is 2. The summed E-state index contributed by atoms with van der Waals surface area (Å²) >= 11 is 0. The molecular formula is C13H21NO4. The average Bonchev–Trinajstić information content (AvgIpc) is 2.75. The molecule has 0 bridgehead atoms. The van der Waals surface area contributed by atoms with Crippen LogP contribution in [0.15, 0.2) is 11.8 Å². The fourth-order valence-electron chi connectivity index (χ4n) is 1.48. The average molecular weight is 255 g/mol. The molecule has 0 aromatic rings. The van der Waals surface area contributed by atoms with E-state index in [1.54, 1.807) is 33.8 Å². The minimum absolute atomic E-state index is 0.0800. The number of allylic oxidation sites excluding steroid dienone is 1. The molecule has 102 valence electrons. The molecule has 1 heterocycles. The molecule has 0 aliphatic carbocycles. The van der Waals surface area contributed by atoms with Crippen LogP contribution < -0.4 is 5.32 Å². The topological polar surface area (TPSA) is 64.6 Å². The number of amides is 1. The summed E-state index contributed by atoms with van der Waals surface area (Å²) in [4.78, 5) is 23.3. The molecule has 1 aliphatic rings. The van der Waals surface area contributed by atoms with Gasteiger partial charge in [-0.15, -0.1) is 0 Å². The summed E-state index contributed by atoms with van der Waals surface area (Å²) in [6.07, 6.45) is 2.04. The number of carbonyl (C=O) groups is 2. The normalized spacial score (nSPS) is 16.6. The summed E-state index contributed by atoms with van der Waals surface area (Å²) in [5.74, 6) is 0.0129. The van der Waals surface area contributed by atoms with E-state index >= 15 is 0 Å². The Kier molecular flexibility index (Phi) is 4.76. The first-order valence-electron chi connectivity index (χ1n) is 6.13. The van der Waals surface area contributed by atoms with Crippen molar-refractivity contribution < 1.29 is 19.1 Å². The van der Waals surface area contributed by atoms with Gasteiger partial charge < -0.3 is 14.8 Å². The number of Topliss-reactive ketones (excluding diaryl/α,β-unsaturated/α-hetero) is 1. The van der Waals surface area contributed by atoms with Gasteiger partial charge in [0.15, 0.2) is 5.76 Å². The van der Waals surface area contributed by atoms with E-state index in [-0.39, 0.29) is 18.2 Å². The Labute approximate surface area is 108 Å². The number of hydrogen-bond donors (Lipinski definition) is 1. The van der Waals surface area contributed by atoms with Gasteiger partial charge in [-0.2, -0.15) is 0 Å². The molecular weight excluding hydrogens is 234 g/mol. The van der Waals surface area contributed by atoms with Crippen molar-refractivity contribution >= 4 is 11.9 Å². The van der Waals surface area contributed by atoms with Crippen molar-refractivity contribution in [2.24, 2.45) is 5.92 Å². The van der Waals surface area contributed by atoms with E-state index in [1.807, 2.05) is 0 Å². The quantitative estimate of drug-likeness (QED) is 0.834. The van der Waals surface area contributed by atoms with Crippen LogP contribution in [0.3, 0.4) is 0 Å². The fraction of sp³-hybridized carbons (Fsp3) is 0.692. The lowest BCUT2D eigenvalue weighted by atomic mass is 10.1. The van der Waals surface area contributed by atoms with Crippen molar-refractivity contribution in [2.45, 2.75) is 39.7 Å². The molecule has 1 N–H and O–H groups in total. The highest BCUT2D eigenvalue weighted by molar-refractivity contribution is 5.95. The van der Waals surface area contributed by atoms with Gasteiger partial charge >= 0.3 is 6.09 Å². The maximum atomic E-state index is 11.9. The molecule has 0 saturated heterocycles. The van der Waals surface area contributed by atoms with Gasteiger partial charge in [0, 0.05) is 18.9 Å². The Morgan fingerprint density at radius 1 is 1.50 bits per heavy atom. The summed E-state index contributed by atoms with van der Waals surface area (Å²) in [7, 11) is 0. The summed E-state index contributed by atoms with van der Waals surface area (Å²) < 4.78 is 10.3. The first-order chi connectivity index (χ1) is 8.29. The fourth-order valence-corrected chi connectivity index (χ4v) is 1.48. The minimum atomic E-state index is -0.533. The smallest absolute Gasteiger partial charge is 0.407 e. The Balaban J connectivity index is 2.34. The SMILES string of the molecule is CC(CNC(=O)OC(C)(C)C)C(=O)C1=CCCO1. The van der Waals surface area contributed by atoms with Crippen molar-refractivity contribution in [3.8, 4) is 0 Å². The van der Waals surface area contributed by atoms with Crippen LogP contribution in [-0.4, -0.2) is 30.6 Å². The molecule has 0 radical (unpaired) electrons. The van der Waals surface area contributed by atoms with Gasteiger partial charge in [0.2, 0.25) is 5.78 Å². The molecule has 0 fully saturated rings. The molecule has 1 unspecified atom stereocenters. The molecule has 1 amide bonds. The van der Waals surface area contributed by atoms with Crippen LogP contribution in [0.25, 0.3) is 0 Å². The van der Waals surface area contributed by atoms with E-state index in [9.17, 15) is 9.59 Å². The van der Waals surface area contributed by atoms with Crippen LogP contribution in [0, 0.1) is 5.92 Å². The first-order valence-corrected chi connectivity index (χ1v) is 6.13. The maximum Gasteiger partial charge on any atom is 0.407 e. The van der Waals surface area contributed by atoms with E-state index in [4.69, 9.17) is 9.47 Å². The molecule has 5 heteroatoms. The third-order valence-corrected chi connectivity index (χ3v) is 2.35. The number of ether oxygens (including phenoxy) is 2. The molecule has 5 nitrogen and oxygen atoms in total. The lowest BCUT2D eigenvalue weighted by molar-refractivity contribution is -0.121. The molecule has 0 saturated carbocycles. The van der Waals surface area contributed by atoms with Crippen LogP contribution >= 0.6 is 0 Å². The van der Waals surface area contributed by atoms with E-state index in [2.05, 4.69) is 5.32 Å². The van der Waals surface area contributed by atoms with Gasteiger partial charge in [0.05, 0.1) is 6.61 Å². The standard InChI is InChI=1S/C13H21NO4/c1-9(11(15)10-6-5-7-17-10)8-14-12(16)18-13(2,3)4/h6,9H,5,7-8H2,1-4H3,(H,14,16). The van der Waals surface area contributed by atoms with E-state index < -0.39 is 11.7 Å². The second-order valence-electron chi connectivity index (χ2n) is 5.35. The number of ketones is 1. The van der Waals surface area contributed by atoms with E-state index in [0.717, 1.165) is 6.42 Å². The lowest BCUT2D eigenvalue weighted by Gasteiger charge is -2.20. The zero-order chi connectivity index (χ0) is 13.8. The van der Waals surface area contributed by atoms with Gasteiger partial charge in [-0.1, -0.05) is 6.92 Å². The van der Waals surface area contributed by atoms with Crippen molar-refractivity contribution in [2.75, 3.05) is 13.2 Å². The van der Waals surface area contributed by atoms with Crippen LogP contribution in [0.1, 0.15) is 34.1 Å². The van der Waals surface area contributed by atoms with Crippen LogP contribution in [-0.2, 0) is 14.3 Å². The lowest BCUT2D eigenvalue weighted by Crippen LogP contribution is -2.36. The molecule has 18 heavy (non-hydrogen) atoms. The predicted molar refractivity (Wildman–Crippen MR) is 67.1 cm³/mol. The highest BCUT2D eigenvalue weighted by atomic mass is 16.6. The zero-order valence-corrected chi connectivity index (χ0v) is 11.4. The largest absolute Gasteiger partial charge is 0.490 e. The van der Waals surface area contributed by atoms with Gasteiger partial charge in [-0.25, -0.2) is 4.79 Å². The molecule has 1 aliphatic heterocycles. The number of hydrogen-bond acceptors (Lipinski definition) is 4. The van der Waals surface area contributed by atoms with Crippen molar-refractivity contribution in [1.29, 1.82) is 0 Å². The number of nitrogens with one attached hydrogen (secondary N) is 1. The monoisotopic (exact) mass is 255 g/mol. The van der Waals surface area contributed by atoms with Crippen molar-refractivity contribution in [1.82, 2.24) is 5.32 Å². The first kappa shape index (κ1) is 14.5. The highest BCUT2D eigenvalue weighted by Gasteiger charge is 2.23. The predicted octanol–water partition coefficient (Wildman–Crippen LogP) is 2.02. The maximum absolute atomic E-state index is 11.9. The molecule has 0 aromatic carbocycles. The Morgan fingerprint density at radius 3 is 2.67 bits per heavy atom. The Morgan fingerprint density at radius 2 is 2.17 bits per heavy atom. The third kappa shape index (κ3) is 4.77. The summed E-state index contributed by atoms with van der Waals surface area (Å²) in [6.45, 7) is 7.93. The molecule has 0 aromatic heterocycles. The number of alkyl carbamates (subject to hydrolysis) is 1. The second-order valence-corrected chi connectivity index (χ2v) is 5.35. The zero-order valence-electron chi connectivity index (χ0n) is 11.4. The van der Waals surface area contributed by atoms with Crippen LogP contribution in [0.2, 0.25) is 0 Å². The highest BCUT2D eigenvalue weighted by Crippen LogP contribution is 2.14. The van der Waals surface area contributed by atoms with Gasteiger partial charge in [-0.3, -0.25) is 4.79 Å². The summed E-state index contributed by atoms with van der Waals surface area (Å²) in [6, 6.07) is 0. The van der Waals surface area contributed by atoms with Gasteiger partial charge in [-0.05, 0) is 26.8 Å². The summed E-state index contributed by atoms with van der Waals surface area (Å²) in [5, 5.41) is 2.58. The van der Waals surface area contributed by atoms with Crippen LogP contribution in [0.5, 0.6) is 0 Å². The second kappa shape index (κ2) is 5.89. The van der Waals surface area contributed by atoms with E-state index in [0.29, 0.717) is 12.4 Å². The van der Waals surface area contributed by atoms with Crippen molar-refractivity contribution in [3.05, 3.63) is 11.8 Å². The Bertz CT molecular complexity index is 354. The van der Waals surface area contributed by atoms with Crippen LogP contribution in [0.4, 0.5) is 4.79 Å². The summed E-state index contributed by atoms with van der Waals surface area (Å²) in [5.41, 5.74) is -0.533. The van der Waals surface area contributed by atoms with E-state index in [1.165, 1.54) is 0 Å². The molecule has 1 rings (SSSR count). The van der Waals surface area contributed by atoms with Crippen molar-refractivity contribution in [3.63, 3.8) is 0 Å². The Hall–Kier alpha value is -1.52. The number of rotatable bonds is 4. The minimum Gasteiger partial charge on any atom is -0.490 e. The van der Waals surface area contributed by atoms with Gasteiger partial charge in [0.25, 0.3) is 0 Å². The molecule has 0 spiro atoms. The van der Waals surface area contributed by atoms with Gasteiger partial charge in [0.1, 0.15) is 5.60 Å².